The number of hydrogen-bond acceptors (Lipinski definition) is 6. The summed E-state index contributed by atoms with van der Waals surface area (Å²) in [6.07, 6.45) is 1.43. The van der Waals surface area contributed by atoms with E-state index in [-0.39, 0.29) is 18.9 Å². The zero-order valence-corrected chi connectivity index (χ0v) is 21.3. The molecule has 194 valence electrons. The lowest BCUT2D eigenvalue weighted by atomic mass is 10.2. The van der Waals surface area contributed by atoms with Gasteiger partial charge in [-0.1, -0.05) is 18.2 Å². The van der Waals surface area contributed by atoms with E-state index in [1.807, 2.05) is 32.0 Å². The first kappa shape index (κ1) is 26.8. The Labute approximate surface area is 211 Å². The van der Waals surface area contributed by atoms with Gasteiger partial charge in [-0.25, -0.2) is 4.79 Å². The fourth-order valence-electron chi connectivity index (χ4n) is 4.09. The van der Waals surface area contributed by atoms with Gasteiger partial charge in [0.1, 0.15) is 0 Å². The van der Waals surface area contributed by atoms with E-state index in [2.05, 4.69) is 34.3 Å². The number of aromatic amines is 1. The second-order valence-electron chi connectivity index (χ2n) is 8.32. The van der Waals surface area contributed by atoms with Gasteiger partial charge in [0.2, 0.25) is 5.91 Å². The molecule has 0 saturated carbocycles. The summed E-state index contributed by atoms with van der Waals surface area (Å²) in [6, 6.07) is 13.4. The number of fused-ring (bicyclic) bond motifs is 1. The van der Waals surface area contributed by atoms with Crippen LogP contribution in [0.4, 0.5) is 5.69 Å². The molecular formula is C27H36N4O5. The quantitative estimate of drug-likeness (QED) is 0.332. The van der Waals surface area contributed by atoms with Gasteiger partial charge in [0.15, 0.2) is 11.5 Å². The van der Waals surface area contributed by atoms with Crippen LogP contribution in [0.3, 0.4) is 0 Å². The molecule has 3 aromatic rings. The number of para-hydroxylation sites is 1. The van der Waals surface area contributed by atoms with E-state index in [1.54, 1.807) is 12.1 Å². The van der Waals surface area contributed by atoms with Gasteiger partial charge in [-0.2, -0.15) is 0 Å². The third-order valence-electron chi connectivity index (χ3n) is 5.86. The average molecular weight is 497 g/mol. The molecule has 0 atom stereocenters. The predicted molar refractivity (Wildman–Crippen MR) is 142 cm³/mol. The van der Waals surface area contributed by atoms with E-state index in [0.717, 1.165) is 24.1 Å². The Morgan fingerprint density at radius 2 is 1.69 bits per heavy atom. The monoisotopic (exact) mass is 496 g/mol. The van der Waals surface area contributed by atoms with Crippen LogP contribution in [0.1, 0.15) is 40.0 Å². The average Bonchev–Trinajstić information content (AvgIpc) is 2.87. The predicted octanol–water partition coefficient (Wildman–Crippen LogP) is 3.30. The van der Waals surface area contributed by atoms with Crippen molar-refractivity contribution in [2.75, 3.05) is 37.7 Å². The number of ether oxygens (including phenoxy) is 2. The summed E-state index contributed by atoms with van der Waals surface area (Å²) in [4.78, 5) is 42.9. The molecule has 9 heteroatoms. The Hall–Kier alpha value is -3.75. The van der Waals surface area contributed by atoms with Crippen LogP contribution in [0.5, 0.6) is 11.5 Å². The maximum Gasteiger partial charge on any atom is 0.328 e. The molecule has 0 unspecified atom stereocenters. The van der Waals surface area contributed by atoms with Crippen LogP contribution in [0.25, 0.3) is 10.9 Å². The van der Waals surface area contributed by atoms with Crippen molar-refractivity contribution in [2.24, 2.45) is 0 Å². The van der Waals surface area contributed by atoms with Crippen LogP contribution in [-0.2, 0) is 11.3 Å². The number of benzene rings is 2. The first-order valence-corrected chi connectivity index (χ1v) is 12.6. The molecule has 36 heavy (non-hydrogen) atoms. The standard InChI is InChI=1S/C27H36N4O5/c1-4-30(20-12-8-7-9-13-20)16-11-15-28-25(32)14-10-17-31-26(33)21-18-23(35-5-2)24(36-6-3)19-22(21)29-27(31)34/h7-9,12-13,18-19H,4-6,10-11,14-17H2,1-3H3,(H,28,32)(H,29,34). The molecule has 0 bridgehead atoms. The molecule has 2 N–H and O–H groups in total. The lowest BCUT2D eigenvalue weighted by Crippen LogP contribution is -2.35. The lowest BCUT2D eigenvalue weighted by molar-refractivity contribution is -0.121. The van der Waals surface area contributed by atoms with E-state index in [4.69, 9.17) is 9.47 Å². The van der Waals surface area contributed by atoms with Crippen LogP contribution >= 0.6 is 0 Å². The second kappa shape index (κ2) is 13.4. The zero-order valence-electron chi connectivity index (χ0n) is 21.3. The summed E-state index contributed by atoms with van der Waals surface area (Å²) in [5.41, 5.74) is 0.626. The maximum atomic E-state index is 13.0. The summed E-state index contributed by atoms with van der Waals surface area (Å²) in [7, 11) is 0. The Bertz CT molecular complexity index is 1250. The van der Waals surface area contributed by atoms with E-state index < -0.39 is 11.2 Å². The molecule has 1 heterocycles. The molecule has 0 aliphatic carbocycles. The van der Waals surface area contributed by atoms with Gasteiger partial charge < -0.3 is 24.7 Å². The number of hydrogen-bond donors (Lipinski definition) is 2. The molecule has 3 rings (SSSR count). The second-order valence-corrected chi connectivity index (χ2v) is 8.32. The van der Waals surface area contributed by atoms with Gasteiger partial charge in [0, 0.05) is 44.4 Å². The smallest absolute Gasteiger partial charge is 0.328 e. The van der Waals surface area contributed by atoms with Gasteiger partial charge in [0.25, 0.3) is 5.56 Å². The third kappa shape index (κ3) is 6.90. The lowest BCUT2D eigenvalue weighted by Gasteiger charge is -2.23. The van der Waals surface area contributed by atoms with Crippen LogP contribution in [0, 0.1) is 0 Å². The highest BCUT2D eigenvalue weighted by Gasteiger charge is 2.14. The molecule has 0 aliphatic rings. The molecule has 0 saturated heterocycles. The minimum Gasteiger partial charge on any atom is -0.490 e. The molecule has 0 radical (unpaired) electrons. The van der Waals surface area contributed by atoms with Crippen molar-refractivity contribution in [3.05, 3.63) is 63.3 Å². The molecule has 2 aromatic carbocycles. The van der Waals surface area contributed by atoms with Gasteiger partial charge in [-0.3, -0.25) is 14.2 Å². The SMILES string of the molecule is CCOc1cc2[nH]c(=O)n(CCCC(=O)NCCCN(CC)c3ccccc3)c(=O)c2cc1OCC. The number of anilines is 1. The molecule has 1 aromatic heterocycles. The van der Waals surface area contributed by atoms with Gasteiger partial charge in [-0.05, 0) is 51.8 Å². The number of carbonyl (C=O) groups excluding carboxylic acids is 1. The first-order valence-electron chi connectivity index (χ1n) is 12.6. The summed E-state index contributed by atoms with van der Waals surface area (Å²) in [5.74, 6) is 0.834. The number of nitrogens with one attached hydrogen (secondary N) is 2. The number of H-pyrrole nitrogens is 1. The van der Waals surface area contributed by atoms with Crippen molar-refractivity contribution < 1.29 is 14.3 Å². The largest absolute Gasteiger partial charge is 0.490 e. The van der Waals surface area contributed by atoms with E-state index in [1.165, 1.54) is 5.69 Å². The van der Waals surface area contributed by atoms with Crippen LogP contribution in [-0.4, -0.2) is 48.3 Å². The van der Waals surface area contributed by atoms with Gasteiger partial charge in [0.05, 0.1) is 24.1 Å². The highest BCUT2D eigenvalue weighted by molar-refractivity contribution is 5.81. The van der Waals surface area contributed by atoms with Crippen molar-refractivity contribution in [3.8, 4) is 11.5 Å². The topological polar surface area (TPSA) is 106 Å². The van der Waals surface area contributed by atoms with Crippen molar-refractivity contribution >= 4 is 22.5 Å². The number of amides is 1. The minimum absolute atomic E-state index is 0.0944. The molecule has 0 aliphatic heterocycles. The van der Waals surface area contributed by atoms with Crippen LogP contribution in [0.15, 0.2) is 52.1 Å². The Morgan fingerprint density at radius 1 is 1.00 bits per heavy atom. The Balaban J connectivity index is 1.54. The van der Waals surface area contributed by atoms with E-state index in [0.29, 0.717) is 48.6 Å². The highest BCUT2D eigenvalue weighted by atomic mass is 16.5. The summed E-state index contributed by atoms with van der Waals surface area (Å²) < 4.78 is 12.3. The van der Waals surface area contributed by atoms with Crippen molar-refractivity contribution in [1.29, 1.82) is 0 Å². The van der Waals surface area contributed by atoms with Crippen molar-refractivity contribution in [2.45, 2.75) is 46.6 Å². The molecule has 0 fully saturated rings. The number of nitrogens with zero attached hydrogens (tertiary/aromatic N) is 2. The molecule has 9 nitrogen and oxygen atoms in total. The fourth-order valence-corrected chi connectivity index (χ4v) is 4.09. The minimum atomic E-state index is -0.514. The van der Waals surface area contributed by atoms with E-state index in [9.17, 15) is 14.4 Å². The first-order chi connectivity index (χ1) is 17.5. The van der Waals surface area contributed by atoms with Gasteiger partial charge >= 0.3 is 5.69 Å². The zero-order chi connectivity index (χ0) is 25.9. The third-order valence-corrected chi connectivity index (χ3v) is 5.86. The van der Waals surface area contributed by atoms with E-state index >= 15 is 0 Å². The van der Waals surface area contributed by atoms with Crippen molar-refractivity contribution in [1.82, 2.24) is 14.9 Å². The van der Waals surface area contributed by atoms with Gasteiger partial charge in [-0.15, -0.1) is 0 Å². The molecule has 0 spiro atoms. The highest BCUT2D eigenvalue weighted by Crippen LogP contribution is 2.30. The summed E-state index contributed by atoms with van der Waals surface area (Å²) in [5, 5.41) is 3.27. The summed E-state index contributed by atoms with van der Waals surface area (Å²) in [6.45, 7) is 9.11. The number of aromatic nitrogens is 2. The molecule has 1 amide bonds. The summed E-state index contributed by atoms with van der Waals surface area (Å²) >= 11 is 0. The Kier molecular flexibility index (Phi) is 9.97. The normalized spacial score (nSPS) is 10.9. The van der Waals surface area contributed by atoms with Crippen LogP contribution < -0.4 is 30.9 Å². The van der Waals surface area contributed by atoms with Crippen LogP contribution in [0.2, 0.25) is 0 Å². The van der Waals surface area contributed by atoms with Crippen molar-refractivity contribution in [3.63, 3.8) is 0 Å². The fraction of sp³-hybridized carbons (Fsp3) is 0.444. The number of rotatable bonds is 14. The molecular weight excluding hydrogens is 460 g/mol. The number of carbonyl (C=O) groups is 1. The Morgan fingerprint density at radius 3 is 2.36 bits per heavy atom. The maximum absolute atomic E-state index is 13.0.